The minimum Gasteiger partial charge on any atom is -0.497 e. The average Bonchev–Trinajstić information content (AvgIpc) is 2.68. The zero-order valence-corrected chi connectivity index (χ0v) is 16.8. The standard InChI is InChI=1S/C18H23ClN4O3S/c1-20-18(22-13-14-6-8-16(26-2)9-7-14)21-10-11-23-27(24,25)17-5-3-4-15(19)12-17/h3-9,12,23H,10-11,13H2,1-2H3,(H2,20,21,22). The summed E-state index contributed by atoms with van der Waals surface area (Å²) in [6, 6.07) is 13.8. The lowest BCUT2D eigenvalue weighted by Crippen LogP contribution is -2.41. The lowest BCUT2D eigenvalue weighted by molar-refractivity contribution is 0.414. The molecule has 7 nitrogen and oxygen atoms in total. The molecule has 2 aromatic carbocycles. The van der Waals surface area contributed by atoms with Crippen molar-refractivity contribution in [3.63, 3.8) is 0 Å². The van der Waals surface area contributed by atoms with Crippen LogP contribution in [-0.2, 0) is 16.6 Å². The SMILES string of the molecule is CN=C(NCCNS(=O)(=O)c1cccc(Cl)c1)NCc1ccc(OC)cc1. The van der Waals surface area contributed by atoms with Crippen LogP contribution < -0.4 is 20.1 Å². The Morgan fingerprint density at radius 3 is 2.48 bits per heavy atom. The molecule has 0 spiro atoms. The average molecular weight is 411 g/mol. The summed E-state index contributed by atoms with van der Waals surface area (Å²) in [7, 11) is -0.319. The Labute approximate surface area is 164 Å². The van der Waals surface area contributed by atoms with Crippen LogP contribution in [0.25, 0.3) is 0 Å². The number of halogens is 1. The number of hydrogen-bond donors (Lipinski definition) is 3. The van der Waals surface area contributed by atoms with Crippen molar-refractivity contribution < 1.29 is 13.2 Å². The van der Waals surface area contributed by atoms with E-state index in [4.69, 9.17) is 16.3 Å². The maximum Gasteiger partial charge on any atom is 0.240 e. The summed E-state index contributed by atoms with van der Waals surface area (Å²) in [5, 5.41) is 6.60. The molecule has 0 aliphatic carbocycles. The van der Waals surface area contributed by atoms with E-state index in [0.717, 1.165) is 11.3 Å². The molecule has 2 rings (SSSR count). The Morgan fingerprint density at radius 1 is 1.11 bits per heavy atom. The Balaban J connectivity index is 1.77. The van der Waals surface area contributed by atoms with Crippen molar-refractivity contribution in [3.8, 4) is 5.75 Å². The molecule has 0 unspecified atom stereocenters. The molecule has 0 aliphatic heterocycles. The van der Waals surface area contributed by atoms with Crippen LogP contribution in [0, 0.1) is 0 Å². The molecule has 0 heterocycles. The highest BCUT2D eigenvalue weighted by molar-refractivity contribution is 7.89. The number of nitrogens with zero attached hydrogens (tertiary/aromatic N) is 1. The Hall–Kier alpha value is -2.29. The van der Waals surface area contributed by atoms with Crippen molar-refractivity contribution >= 4 is 27.6 Å². The molecule has 146 valence electrons. The number of aliphatic imine (C=N–C) groups is 1. The quantitative estimate of drug-likeness (QED) is 0.351. The maximum atomic E-state index is 12.2. The molecular formula is C18H23ClN4O3S. The minimum absolute atomic E-state index is 0.136. The number of guanidine groups is 1. The zero-order valence-electron chi connectivity index (χ0n) is 15.2. The lowest BCUT2D eigenvalue weighted by atomic mass is 10.2. The number of benzene rings is 2. The highest BCUT2D eigenvalue weighted by Gasteiger charge is 2.13. The largest absolute Gasteiger partial charge is 0.497 e. The van der Waals surface area contributed by atoms with Gasteiger partial charge >= 0.3 is 0 Å². The highest BCUT2D eigenvalue weighted by Crippen LogP contribution is 2.14. The first-order valence-electron chi connectivity index (χ1n) is 8.27. The normalized spacial score (nSPS) is 11.9. The molecule has 27 heavy (non-hydrogen) atoms. The molecule has 0 saturated carbocycles. The van der Waals surface area contributed by atoms with Gasteiger partial charge in [-0.3, -0.25) is 4.99 Å². The smallest absolute Gasteiger partial charge is 0.240 e. The minimum atomic E-state index is -3.60. The maximum absolute atomic E-state index is 12.2. The Bertz CT molecular complexity index is 870. The van der Waals surface area contributed by atoms with Gasteiger partial charge in [0.1, 0.15) is 5.75 Å². The van der Waals surface area contributed by atoms with Gasteiger partial charge in [0, 0.05) is 31.7 Å². The molecule has 0 bridgehead atoms. The summed E-state index contributed by atoms with van der Waals surface area (Å²) in [6.45, 7) is 1.16. The molecule has 0 saturated heterocycles. The van der Waals surface area contributed by atoms with E-state index in [-0.39, 0.29) is 11.4 Å². The van der Waals surface area contributed by atoms with Crippen LogP contribution in [0.2, 0.25) is 5.02 Å². The van der Waals surface area contributed by atoms with Crippen LogP contribution >= 0.6 is 11.6 Å². The van der Waals surface area contributed by atoms with Gasteiger partial charge in [-0.15, -0.1) is 0 Å². The van der Waals surface area contributed by atoms with Gasteiger partial charge < -0.3 is 15.4 Å². The van der Waals surface area contributed by atoms with Crippen LogP contribution in [0.3, 0.4) is 0 Å². The second-order valence-corrected chi connectivity index (χ2v) is 7.76. The predicted octanol–water partition coefficient (Wildman–Crippen LogP) is 1.99. The fraction of sp³-hybridized carbons (Fsp3) is 0.278. The fourth-order valence-electron chi connectivity index (χ4n) is 2.23. The highest BCUT2D eigenvalue weighted by atomic mass is 35.5. The van der Waals surface area contributed by atoms with E-state index in [1.54, 1.807) is 26.3 Å². The monoisotopic (exact) mass is 410 g/mol. The first-order chi connectivity index (χ1) is 12.9. The molecule has 0 radical (unpaired) electrons. The van der Waals surface area contributed by atoms with Crippen molar-refractivity contribution in [2.24, 2.45) is 4.99 Å². The molecule has 0 fully saturated rings. The summed E-state index contributed by atoms with van der Waals surface area (Å²) in [4.78, 5) is 4.25. The first-order valence-corrected chi connectivity index (χ1v) is 10.1. The van der Waals surface area contributed by atoms with Gasteiger partial charge in [0.2, 0.25) is 10.0 Å². The second-order valence-electron chi connectivity index (χ2n) is 5.56. The predicted molar refractivity (Wildman–Crippen MR) is 108 cm³/mol. The number of nitrogens with one attached hydrogen (secondary N) is 3. The number of rotatable bonds is 8. The van der Waals surface area contributed by atoms with Gasteiger partial charge in [-0.05, 0) is 35.9 Å². The van der Waals surface area contributed by atoms with Crippen molar-refractivity contribution in [1.82, 2.24) is 15.4 Å². The first kappa shape index (κ1) is 21.0. The van der Waals surface area contributed by atoms with Gasteiger partial charge in [-0.1, -0.05) is 29.8 Å². The molecule has 0 amide bonds. The van der Waals surface area contributed by atoms with E-state index in [1.165, 1.54) is 12.1 Å². The second kappa shape index (κ2) is 10.1. The third kappa shape index (κ3) is 6.74. The van der Waals surface area contributed by atoms with Gasteiger partial charge in [0.05, 0.1) is 12.0 Å². The Morgan fingerprint density at radius 2 is 1.85 bits per heavy atom. The van der Waals surface area contributed by atoms with Gasteiger partial charge in [0.25, 0.3) is 0 Å². The van der Waals surface area contributed by atoms with Gasteiger partial charge in [-0.2, -0.15) is 0 Å². The lowest BCUT2D eigenvalue weighted by Gasteiger charge is -2.13. The fourth-order valence-corrected chi connectivity index (χ4v) is 3.57. The van der Waals surface area contributed by atoms with Gasteiger partial charge in [0.15, 0.2) is 5.96 Å². The molecule has 9 heteroatoms. The molecular weight excluding hydrogens is 388 g/mol. The summed E-state index contributed by atoms with van der Waals surface area (Å²) < 4.78 is 32.1. The third-order valence-corrected chi connectivity index (χ3v) is 5.35. The van der Waals surface area contributed by atoms with E-state index in [1.807, 2.05) is 24.3 Å². The van der Waals surface area contributed by atoms with E-state index >= 15 is 0 Å². The zero-order chi connectivity index (χ0) is 19.7. The van der Waals surface area contributed by atoms with Crippen LogP contribution in [0.15, 0.2) is 58.4 Å². The number of hydrogen-bond acceptors (Lipinski definition) is 4. The summed E-state index contributed by atoms with van der Waals surface area (Å²) in [6.07, 6.45) is 0. The number of sulfonamides is 1. The summed E-state index contributed by atoms with van der Waals surface area (Å²) >= 11 is 5.84. The van der Waals surface area contributed by atoms with Crippen LogP contribution in [0.1, 0.15) is 5.56 Å². The van der Waals surface area contributed by atoms with E-state index in [0.29, 0.717) is 24.1 Å². The summed E-state index contributed by atoms with van der Waals surface area (Å²) in [5.74, 6) is 1.38. The third-order valence-electron chi connectivity index (χ3n) is 3.66. The van der Waals surface area contributed by atoms with Crippen LogP contribution in [0.5, 0.6) is 5.75 Å². The van der Waals surface area contributed by atoms with E-state index in [9.17, 15) is 8.42 Å². The summed E-state index contributed by atoms with van der Waals surface area (Å²) in [5.41, 5.74) is 1.07. The number of methoxy groups -OCH3 is 1. The Kier molecular flexibility index (Phi) is 7.90. The van der Waals surface area contributed by atoms with E-state index < -0.39 is 10.0 Å². The molecule has 0 aromatic heterocycles. The van der Waals surface area contributed by atoms with Crippen LogP contribution in [0.4, 0.5) is 0 Å². The number of ether oxygens (including phenoxy) is 1. The topological polar surface area (TPSA) is 91.8 Å². The molecule has 0 atom stereocenters. The van der Waals surface area contributed by atoms with Crippen molar-refractivity contribution in [2.75, 3.05) is 27.2 Å². The molecule has 3 N–H and O–H groups in total. The van der Waals surface area contributed by atoms with Crippen LogP contribution in [-0.4, -0.2) is 41.6 Å². The van der Waals surface area contributed by atoms with Gasteiger partial charge in [-0.25, -0.2) is 13.1 Å². The van der Waals surface area contributed by atoms with E-state index in [2.05, 4.69) is 20.3 Å². The molecule has 2 aromatic rings. The van der Waals surface area contributed by atoms with Crippen molar-refractivity contribution in [2.45, 2.75) is 11.4 Å². The van der Waals surface area contributed by atoms with Crippen molar-refractivity contribution in [3.05, 3.63) is 59.1 Å². The molecule has 0 aliphatic rings. The van der Waals surface area contributed by atoms with Crippen molar-refractivity contribution in [1.29, 1.82) is 0 Å².